The van der Waals surface area contributed by atoms with Gasteiger partial charge in [-0.05, 0) is 55.7 Å². The second-order valence-electron chi connectivity index (χ2n) is 10.6. The van der Waals surface area contributed by atoms with Gasteiger partial charge in [0.2, 0.25) is 0 Å². The Labute approximate surface area is 238 Å². The van der Waals surface area contributed by atoms with Gasteiger partial charge in [0, 0.05) is 76.5 Å². The summed E-state index contributed by atoms with van der Waals surface area (Å²) in [4.78, 5) is 19.3. The van der Waals surface area contributed by atoms with Crippen molar-refractivity contribution in [3.8, 4) is 11.3 Å². The van der Waals surface area contributed by atoms with Gasteiger partial charge in [-0.15, -0.1) is 16.4 Å². The van der Waals surface area contributed by atoms with Gasteiger partial charge < -0.3 is 19.8 Å². The Morgan fingerprint density at radius 1 is 1.05 bits per heavy atom. The molecule has 6 rings (SSSR count). The Morgan fingerprint density at radius 3 is 2.60 bits per heavy atom. The van der Waals surface area contributed by atoms with Crippen LogP contribution >= 0.6 is 11.3 Å². The zero-order valence-electron chi connectivity index (χ0n) is 23.2. The second-order valence-corrected chi connectivity index (χ2v) is 11.5. The largest absolute Gasteiger partial charge is 0.396 e. The summed E-state index contributed by atoms with van der Waals surface area (Å²) in [6.45, 7) is 9.65. The summed E-state index contributed by atoms with van der Waals surface area (Å²) >= 11 is 1.55. The number of fused-ring (bicyclic) bond motifs is 1. The number of aliphatic hydroxyl groups excluding tert-OH is 1. The summed E-state index contributed by atoms with van der Waals surface area (Å²) in [6, 6.07) is 11.1. The van der Waals surface area contributed by atoms with Crippen molar-refractivity contribution >= 4 is 33.8 Å². The minimum absolute atomic E-state index is 0.252. The molecular formula is C29H37FN8OS. The number of piperazine rings is 1. The normalized spacial score (nSPS) is 18.7. The summed E-state index contributed by atoms with van der Waals surface area (Å²) in [5, 5.41) is 17.1. The van der Waals surface area contributed by atoms with E-state index in [-0.39, 0.29) is 12.4 Å². The molecule has 0 amide bonds. The van der Waals surface area contributed by atoms with Gasteiger partial charge in [-0.2, -0.15) is 4.52 Å². The van der Waals surface area contributed by atoms with Crippen LogP contribution in [0.25, 0.3) is 16.9 Å². The third-order valence-electron chi connectivity index (χ3n) is 8.12. The Bertz CT molecular complexity index is 1430. The van der Waals surface area contributed by atoms with Crippen LogP contribution in [-0.2, 0) is 6.42 Å². The van der Waals surface area contributed by atoms with Gasteiger partial charge in [-0.3, -0.25) is 4.90 Å². The summed E-state index contributed by atoms with van der Waals surface area (Å²) in [6.07, 6.45) is 2.78. The number of thiazole rings is 1. The van der Waals surface area contributed by atoms with Crippen molar-refractivity contribution in [1.29, 1.82) is 0 Å². The summed E-state index contributed by atoms with van der Waals surface area (Å²) in [7, 11) is 2.01. The molecule has 1 N–H and O–H groups in total. The van der Waals surface area contributed by atoms with E-state index in [4.69, 9.17) is 20.2 Å². The van der Waals surface area contributed by atoms with Crippen LogP contribution in [0, 0.1) is 5.82 Å². The number of aromatic nitrogens is 4. The molecule has 40 heavy (non-hydrogen) atoms. The molecule has 4 aromatic rings. The van der Waals surface area contributed by atoms with Crippen LogP contribution in [0.15, 0.2) is 41.8 Å². The molecule has 1 unspecified atom stereocenters. The summed E-state index contributed by atoms with van der Waals surface area (Å²) in [5.74, 6) is 1.64. The number of imidazole rings is 1. The topological polar surface area (TPSA) is 76.3 Å². The number of rotatable bonds is 9. The number of aliphatic hydroxyl groups is 1. The SMILES string of the molecule is CCc1nc2ccc(N3CCC(N4CCN(CCCO)CC4)C3)nn2c1N(C)c1nc(-c2ccc(F)cc2)cs1. The zero-order chi connectivity index (χ0) is 27.6. The Balaban J connectivity index is 1.20. The van der Waals surface area contributed by atoms with Gasteiger partial charge in [-0.25, -0.2) is 14.4 Å². The highest BCUT2D eigenvalue weighted by Crippen LogP contribution is 2.34. The monoisotopic (exact) mass is 564 g/mol. The zero-order valence-corrected chi connectivity index (χ0v) is 24.0. The van der Waals surface area contributed by atoms with Crippen LogP contribution in [0.1, 0.15) is 25.5 Å². The van der Waals surface area contributed by atoms with Crippen LogP contribution < -0.4 is 9.80 Å². The number of aryl methyl sites for hydroxylation is 1. The fraction of sp³-hybridized carbons (Fsp3) is 0.483. The molecular weight excluding hydrogens is 527 g/mol. The average molecular weight is 565 g/mol. The van der Waals surface area contributed by atoms with Crippen LogP contribution in [0.4, 0.5) is 21.2 Å². The molecule has 0 aliphatic carbocycles. The molecule has 3 aromatic heterocycles. The molecule has 2 fully saturated rings. The number of hydrogen-bond acceptors (Lipinski definition) is 9. The Hall–Kier alpha value is -3.12. The first-order valence-corrected chi connectivity index (χ1v) is 15.1. The molecule has 2 saturated heterocycles. The van der Waals surface area contributed by atoms with Gasteiger partial charge in [-0.1, -0.05) is 6.92 Å². The maximum absolute atomic E-state index is 13.4. The maximum Gasteiger partial charge on any atom is 0.191 e. The van der Waals surface area contributed by atoms with Gasteiger partial charge >= 0.3 is 0 Å². The first-order chi connectivity index (χ1) is 19.5. The van der Waals surface area contributed by atoms with E-state index >= 15 is 0 Å². The molecule has 1 atom stereocenters. The number of benzene rings is 1. The van der Waals surface area contributed by atoms with Crippen molar-refractivity contribution in [2.45, 2.75) is 32.2 Å². The number of halogens is 1. The smallest absolute Gasteiger partial charge is 0.191 e. The Morgan fingerprint density at radius 2 is 1.85 bits per heavy atom. The predicted octanol–water partition coefficient (Wildman–Crippen LogP) is 3.90. The minimum atomic E-state index is -0.252. The number of hydrogen-bond donors (Lipinski definition) is 1. The van der Waals surface area contributed by atoms with Gasteiger partial charge in [0.25, 0.3) is 0 Å². The molecule has 0 bridgehead atoms. The van der Waals surface area contributed by atoms with Gasteiger partial charge in [0.1, 0.15) is 11.6 Å². The van der Waals surface area contributed by atoms with Crippen molar-refractivity contribution in [1.82, 2.24) is 29.4 Å². The van der Waals surface area contributed by atoms with Gasteiger partial charge in [0.15, 0.2) is 16.6 Å². The second kappa shape index (κ2) is 11.8. The molecule has 2 aliphatic heterocycles. The van der Waals surface area contributed by atoms with E-state index in [9.17, 15) is 4.39 Å². The van der Waals surface area contributed by atoms with E-state index in [0.29, 0.717) is 6.04 Å². The minimum Gasteiger partial charge on any atom is -0.396 e. The van der Waals surface area contributed by atoms with Crippen molar-refractivity contribution in [2.24, 2.45) is 0 Å². The highest BCUT2D eigenvalue weighted by molar-refractivity contribution is 7.14. The van der Waals surface area contributed by atoms with Crippen LogP contribution in [-0.4, -0.2) is 100.0 Å². The predicted molar refractivity (Wildman–Crippen MR) is 158 cm³/mol. The van der Waals surface area contributed by atoms with Crippen LogP contribution in [0.3, 0.4) is 0 Å². The highest BCUT2D eigenvalue weighted by Gasteiger charge is 2.31. The lowest BCUT2D eigenvalue weighted by molar-refractivity contribution is 0.0980. The van der Waals surface area contributed by atoms with Crippen molar-refractivity contribution in [2.75, 3.05) is 69.3 Å². The molecule has 11 heteroatoms. The quantitative estimate of drug-likeness (QED) is 0.328. The molecule has 5 heterocycles. The Kier molecular flexibility index (Phi) is 7.97. The molecule has 9 nitrogen and oxygen atoms in total. The molecule has 0 spiro atoms. The van der Waals surface area contributed by atoms with Crippen LogP contribution in [0.5, 0.6) is 0 Å². The van der Waals surface area contributed by atoms with E-state index in [1.54, 1.807) is 23.5 Å². The molecule has 1 aromatic carbocycles. The fourth-order valence-corrected chi connectivity index (χ4v) is 6.66. The van der Waals surface area contributed by atoms with Gasteiger partial charge in [0.05, 0.1) is 11.4 Å². The van der Waals surface area contributed by atoms with Crippen molar-refractivity contribution < 1.29 is 9.50 Å². The number of anilines is 3. The lowest BCUT2D eigenvalue weighted by Crippen LogP contribution is -2.51. The summed E-state index contributed by atoms with van der Waals surface area (Å²) in [5.41, 5.74) is 3.52. The van der Waals surface area contributed by atoms with E-state index < -0.39 is 0 Å². The first kappa shape index (κ1) is 27.1. The first-order valence-electron chi connectivity index (χ1n) is 14.2. The van der Waals surface area contributed by atoms with E-state index in [1.165, 1.54) is 12.1 Å². The van der Waals surface area contributed by atoms with Crippen LogP contribution in [0.2, 0.25) is 0 Å². The molecule has 212 valence electrons. The fourth-order valence-electron chi connectivity index (χ4n) is 5.86. The molecule has 0 radical (unpaired) electrons. The third-order valence-corrected chi connectivity index (χ3v) is 9.04. The molecule has 0 saturated carbocycles. The van der Waals surface area contributed by atoms with E-state index in [2.05, 4.69) is 38.7 Å². The highest BCUT2D eigenvalue weighted by atomic mass is 32.1. The van der Waals surface area contributed by atoms with E-state index in [0.717, 1.165) is 104 Å². The lowest BCUT2D eigenvalue weighted by atomic mass is 10.2. The van der Waals surface area contributed by atoms with Crippen molar-refractivity contribution in [3.63, 3.8) is 0 Å². The average Bonchev–Trinajstić information content (AvgIpc) is 3.75. The third kappa shape index (κ3) is 5.43. The standard InChI is InChI=1S/C29H37FN8OS/c1-3-24-28(34(2)29-32-25(20-40-29)21-5-7-22(30)8-6-21)38-26(31-24)9-10-27(33-38)37-13-11-23(19-37)36-16-14-35(15-17-36)12-4-18-39/h5-10,20,23,39H,3-4,11-19H2,1-2H3. The number of nitrogens with zero attached hydrogens (tertiary/aromatic N) is 8. The lowest BCUT2D eigenvalue weighted by Gasteiger charge is -2.38. The molecule has 2 aliphatic rings. The summed E-state index contributed by atoms with van der Waals surface area (Å²) < 4.78 is 15.4. The maximum atomic E-state index is 13.4. The van der Waals surface area contributed by atoms with Crippen molar-refractivity contribution in [3.05, 3.63) is 53.3 Å². The van der Waals surface area contributed by atoms with E-state index in [1.807, 2.05) is 16.9 Å².